The van der Waals surface area contributed by atoms with E-state index in [0.717, 1.165) is 37.3 Å². The molecule has 25 heavy (non-hydrogen) atoms. The number of nitrogens with two attached hydrogens (primary N) is 1. The summed E-state index contributed by atoms with van der Waals surface area (Å²) >= 11 is 0. The first-order valence-electron chi connectivity index (χ1n) is 9.15. The molecular formula is C18H27N5O2. The molecule has 2 aliphatic heterocycles. The van der Waals surface area contributed by atoms with E-state index in [1.54, 1.807) is 4.90 Å². The van der Waals surface area contributed by atoms with Crippen LogP contribution in [0.1, 0.15) is 37.7 Å². The van der Waals surface area contributed by atoms with Gasteiger partial charge in [0.1, 0.15) is 5.82 Å². The monoisotopic (exact) mass is 345 g/mol. The van der Waals surface area contributed by atoms with Crippen molar-refractivity contribution in [2.75, 3.05) is 31.1 Å². The first-order chi connectivity index (χ1) is 12.1. The minimum Gasteiger partial charge on any atom is -0.357 e. The maximum Gasteiger partial charge on any atom is 0.314 e. The smallest absolute Gasteiger partial charge is 0.314 e. The lowest BCUT2D eigenvalue weighted by molar-refractivity contribution is -0.126. The molecule has 0 unspecified atom stereocenters. The second-order valence-corrected chi connectivity index (χ2v) is 6.91. The normalized spacial score (nSPS) is 21.0. The van der Waals surface area contributed by atoms with Gasteiger partial charge in [-0.2, -0.15) is 0 Å². The number of anilines is 1. The van der Waals surface area contributed by atoms with Gasteiger partial charge in [-0.05, 0) is 43.7 Å². The Balaban J connectivity index is 1.49. The van der Waals surface area contributed by atoms with E-state index in [2.05, 4.69) is 15.2 Å². The van der Waals surface area contributed by atoms with Gasteiger partial charge in [0.25, 0.3) is 0 Å². The molecule has 0 spiro atoms. The third-order valence-corrected chi connectivity index (χ3v) is 5.06. The summed E-state index contributed by atoms with van der Waals surface area (Å²) < 4.78 is 0. The molecule has 2 saturated heterocycles. The third kappa shape index (κ3) is 4.61. The lowest BCUT2D eigenvalue weighted by Crippen LogP contribution is -2.47. The summed E-state index contributed by atoms with van der Waals surface area (Å²) in [6.45, 7) is 3.65. The van der Waals surface area contributed by atoms with Crippen LogP contribution in [0.25, 0.3) is 0 Å². The van der Waals surface area contributed by atoms with Gasteiger partial charge < -0.3 is 20.9 Å². The lowest BCUT2D eigenvalue weighted by Gasteiger charge is -2.30. The van der Waals surface area contributed by atoms with Crippen LogP contribution in [0.5, 0.6) is 0 Å². The van der Waals surface area contributed by atoms with Gasteiger partial charge in [0.2, 0.25) is 5.91 Å². The summed E-state index contributed by atoms with van der Waals surface area (Å²) in [6.07, 6.45) is 7.19. The summed E-state index contributed by atoms with van der Waals surface area (Å²) in [5.41, 5.74) is 6.30. The summed E-state index contributed by atoms with van der Waals surface area (Å²) in [7, 11) is 0. The van der Waals surface area contributed by atoms with Gasteiger partial charge in [-0.3, -0.25) is 4.79 Å². The van der Waals surface area contributed by atoms with Crippen LogP contribution >= 0.6 is 0 Å². The van der Waals surface area contributed by atoms with Crippen LogP contribution in [0.4, 0.5) is 10.6 Å². The van der Waals surface area contributed by atoms with Crippen LogP contribution < -0.4 is 16.0 Å². The lowest BCUT2D eigenvalue weighted by atomic mass is 9.97. The van der Waals surface area contributed by atoms with Gasteiger partial charge >= 0.3 is 6.03 Å². The van der Waals surface area contributed by atoms with Crippen LogP contribution in [0, 0.1) is 5.92 Å². The molecular weight excluding hydrogens is 318 g/mol. The van der Waals surface area contributed by atoms with Crippen molar-refractivity contribution in [3.63, 3.8) is 0 Å². The number of pyridine rings is 1. The molecule has 0 bridgehead atoms. The summed E-state index contributed by atoms with van der Waals surface area (Å²) in [6, 6.07) is 3.60. The number of piperidine rings is 2. The Hall–Kier alpha value is -2.31. The fourth-order valence-electron chi connectivity index (χ4n) is 3.56. The Labute approximate surface area is 148 Å². The average molecular weight is 345 g/mol. The number of carbonyl (C=O) groups is 2. The Morgan fingerprint density at radius 1 is 1.16 bits per heavy atom. The molecule has 7 nitrogen and oxygen atoms in total. The molecule has 3 N–H and O–H groups in total. The summed E-state index contributed by atoms with van der Waals surface area (Å²) in [5.74, 6) is 0.812. The fraction of sp³-hybridized carbons (Fsp3) is 0.611. The van der Waals surface area contributed by atoms with Crippen LogP contribution in [0.2, 0.25) is 0 Å². The van der Waals surface area contributed by atoms with Gasteiger partial charge in [-0.1, -0.05) is 6.07 Å². The molecule has 136 valence electrons. The first-order valence-corrected chi connectivity index (χ1v) is 9.15. The molecule has 0 saturated carbocycles. The quantitative estimate of drug-likeness (QED) is 0.865. The van der Waals surface area contributed by atoms with Crippen molar-refractivity contribution in [2.24, 2.45) is 11.7 Å². The van der Waals surface area contributed by atoms with Gasteiger partial charge in [-0.25, -0.2) is 9.78 Å². The summed E-state index contributed by atoms with van der Waals surface area (Å²) in [5, 5.41) is 2.96. The predicted molar refractivity (Wildman–Crippen MR) is 96.0 cm³/mol. The van der Waals surface area contributed by atoms with Crippen molar-refractivity contribution in [3.05, 3.63) is 23.9 Å². The molecule has 1 atom stereocenters. The topological polar surface area (TPSA) is 91.6 Å². The third-order valence-electron chi connectivity index (χ3n) is 5.06. The maximum atomic E-state index is 12.3. The number of likely N-dealkylation sites (tertiary alicyclic amines) is 1. The van der Waals surface area contributed by atoms with E-state index in [4.69, 9.17) is 5.73 Å². The Kier molecular flexibility index (Phi) is 5.73. The summed E-state index contributed by atoms with van der Waals surface area (Å²) in [4.78, 5) is 32.0. The van der Waals surface area contributed by atoms with Crippen LogP contribution in [0.3, 0.4) is 0 Å². The zero-order valence-electron chi connectivity index (χ0n) is 14.6. The highest BCUT2D eigenvalue weighted by atomic mass is 16.2. The number of urea groups is 1. The molecule has 3 heterocycles. The van der Waals surface area contributed by atoms with E-state index in [1.165, 1.54) is 19.3 Å². The fourth-order valence-corrected chi connectivity index (χ4v) is 3.56. The Morgan fingerprint density at radius 3 is 2.64 bits per heavy atom. The molecule has 0 radical (unpaired) electrons. The van der Waals surface area contributed by atoms with Crippen molar-refractivity contribution in [3.8, 4) is 0 Å². The SMILES string of the molecule is NC(=O)N1CCC[C@H](C(=O)NCc2ccc(N3CCCCC3)nc2)C1. The highest BCUT2D eigenvalue weighted by molar-refractivity contribution is 5.80. The van der Waals surface area contributed by atoms with E-state index in [9.17, 15) is 9.59 Å². The molecule has 2 aliphatic rings. The number of hydrogen-bond acceptors (Lipinski definition) is 4. The molecule has 0 aliphatic carbocycles. The zero-order valence-corrected chi connectivity index (χ0v) is 14.6. The second-order valence-electron chi connectivity index (χ2n) is 6.91. The van der Waals surface area contributed by atoms with Crippen molar-refractivity contribution in [1.29, 1.82) is 0 Å². The van der Waals surface area contributed by atoms with E-state index in [0.29, 0.717) is 19.6 Å². The number of nitrogens with one attached hydrogen (secondary N) is 1. The average Bonchev–Trinajstić information content (AvgIpc) is 2.67. The first kappa shape index (κ1) is 17.5. The van der Waals surface area contributed by atoms with E-state index in [-0.39, 0.29) is 11.8 Å². The van der Waals surface area contributed by atoms with E-state index < -0.39 is 6.03 Å². The highest BCUT2D eigenvalue weighted by Gasteiger charge is 2.27. The highest BCUT2D eigenvalue weighted by Crippen LogP contribution is 2.18. The number of nitrogens with zero attached hydrogens (tertiary/aromatic N) is 3. The van der Waals surface area contributed by atoms with Crippen LogP contribution in [0.15, 0.2) is 18.3 Å². The van der Waals surface area contributed by atoms with Crippen LogP contribution in [-0.2, 0) is 11.3 Å². The standard InChI is InChI=1S/C18H27N5O2/c19-18(25)23-10-4-5-15(13-23)17(24)21-12-14-6-7-16(20-11-14)22-8-2-1-3-9-22/h6-7,11,15H,1-5,8-10,12-13H2,(H2,19,25)(H,21,24)/t15-/m0/s1. The molecule has 7 heteroatoms. The zero-order chi connectivity index (χ0) is 17.6. The van der Waals surface area contributed by atoms with E-state index in [1.807, 2.05) is 18.3 Å². The predicted octanol–water partition coefficient (Wildman–Crippen LogP) is 1.48. The number of aromatic nitrogens is 1. The van der Waals surface area contributed by atoms with Crippen LogP contribution in [-0.4, -0.2) is 48.0 Å². The van der Waals surface area contributed by atoms with Gasteiger partial charge in [-0.15, -0.1) is 0 Å². The van der Waals surface area contributed by atoms with Crippen molar-refractivity contribution in [2.45, 2.75) is 38.6 Å². The number of carbonyl (C=O) groups excluding carboxylic acids is 2. The second kappa shape index (κ2) is 8.18. The largest absolute Gasteiger partial charge is 0.357 e. The number of amides is 3. The molecule has 0 aromatic carbocycles. The molecule has 1 aromatic rings. The van der Waals surface area contributed by atoms with Gasteiger partial charge in [0.15, 0.2) is 0 Å². The van der Waals surface area contributed by atoms with E-state index >= 15 is 0 Å². The Morgan fingerprint density at radius 2 is 1.96 bits per heavy atom. The van der Waals surface area contributed by atoms with Crippen molar-refractivity contribution in [1.82, 2.24) is 15.2 Å². The molecule has 1 aromatic heterocycles. The number of hydrogen-bond donors (Lipinski definition) is 2. The van der Waals surface area contributed by atoms with Gasteiger partial charge in [0.05, 0.1) is 5.92 Å². The maximum absolute atomic E-state index is 12.3. The van der Waals surface area contributed by atoms with Gasteiger partial charge in [0, 0.05) is 38.9 Å². The Bertz CT molecular complexity index is 598. The molecule has 3 rings (SSSR count). The molecule has 3 amide bonds. The van der Waals surface area contributed by atoms with Crippen molar-refractivity contribution >= 4 is 17.8 Å². The number of rotatable bonds is 4. The molecule has 2 fully saturated rings. The minimum atomic E-state index is -0.449. The minimum absolute atomic E-state index is 0.0222. The number of primary amides is 1. The van der Waals surface area contributed by atoms with Crippen molar-refractivity contribution < 1.29 is 9.59 Å².